The van der Waals surface area contributed by atoms with Crippen molar-refractivity contribution in [2.45, 2.75) is 4.90 Å². The maximum Gasteiger partial charge on any atom is 0.489 e. The van der Waals surface area contributed by atoms with Crippen LogP contribution in [-0.2, 0) is 0 Å². The number of hydrogen-bond donors (Lipinski definition) is 3. The third-order valence-corrected chi connectivity index (χ3v) is 3.98. The van der Waals surface area contributed by atoms with Crippen LogP contribution in [0.2, 0.25) is 0 Å². The minimum atomic E-state index is -1.40. The van der Waals surface area contributed by atoms with Gasteiger partial charge in [0.1, 0.15) is 0 Å². The molecule has 0 spiro atoms. The average Bonchev–Trinajstić information content (AvgIpc) is 2.47. The fourth-order valence-corrected chi connectivity index (χ4v) is 4.06. The molecule has 0 saturated heterocycles. The Labute approximate surface area is 105 Å². The van der Waals surface area contributed by atoms with Crippen molar-refractivity contribution in [1.82, 2.24) is 0 Å². The zero-order chi connectivity index (χ0) is 10.3. The number of fused-ring (bicyclic) bond motifs is 1. The Morgan fingerprint density at radius 2 is 2.07 bits per heavy atom. The van der Waals surface area contributed by atoms with Crippen LogP contribution in [0.25, 0.3) is 10.1 Å². The maximum atomic E-state index is 9.14. The first-order chi connectivity index (χ1) is 6.59. The number of benzene rings is 1. The van der Waals surface area contributed by atoms with Gasteiger partial charge < -0.3 is 10.0 Å². The monoisotopic (exact) mass is 336 g/mol. The summed E-state index contributed by atoms with van der Waals surface area (Å²) >= 11 is 7.94. The van der Waals surface area contributed by atoms with Gasteiger partial charge in [0.25, 0.3) is 0 Å². The first-order valence-electron chi connectivity index (χ1n) is 3.85. The van der Waals surface area contributed by atoms with E-state index < -0.39 is 7.12 Å². The number of thiol groups is 1. The lowest BCUT2D eigenvalue weighted by Crippen LogP contribution is -2.29. The molecule has 0 saturated carbocycles. The number of thiophene rings is 1. The third kappa shape index (κ3) is 1.81. The summed E-state index contributed by atoms with van der Waals surface area (Å²) < 4.78 is 2.03. The van der Waals surface area contributed by atoms with E-state index in [9.17, 15) is 0 Å². The summed E-state index contributed by atoms with van der Waals surface area (Å²) in [6.07, 6.45) is 0. The van der Waals surface area contributed by atoms with Gasteiger partial charge in [-0.25, -0.2) is 0 Å². The predicted molar refractivity (Wildman–Crippen MR) is 71.6 cm³/mol. The first-order valence-corrected chi connectivity index (χ1v) is 6.26. The zero-order valence-electron chi connectivity index (χ0n) is 6.94. The van der Waals surface area contributed by atoms with E-state index in [1.165, 1.54) is 11.3 Å². The second-order valence-electron chi connectivity index (χ2n) is 2.87. The molecule has 0 radical (unpaired) electrons. The van der Waals surface area contributed by atoms with Gasteiger partial charge >= 0.3 is 7.12 Å². The van der Waals surface area contributed by atoms with Crippen LogP contribution in [0.1, 0.15) is 0 Å². The maximum absolute atomic E-state index is 9.14. The van der Waals surface area contributed by atoms with Gasteiger partial charge in [0.15, 0.2) is 0 Å². The number of halogens is 1. The highest BCUT2D eigenvalue weighted by molar-refractivity contribution is 14.1. The van der Waals surface area contributed by atoms with Gasteiger partial charge in [-0.3, -0.25) is 0 Å². The Bertz CT molecular complexity index is 483. The summed E-state index contributed by atoms with van der Waals surface area (Å²) in [5.74, 6) is 0. The van der Waals surface area contributed by atoms with Crippen molar-refractivity contribution in [3.63, 3.8) is 0 Å². The molecule has 0 bridgehead atoms. The van der Waals surface area contributed by atoms with Crippen LogP contribution in [0.15, 0.2) is 22.4 Å². The van der Waals surface area contributed by atoms with Crippen molar-refractivity contribution < 1.29 is 10.0 Å². The standard InChI is InChI=1S/C8H6BIO2S2/c10-6-1-4(13)2-7-8(6)5(3-14-7)9(11)12/h1-3,11-13H. The molecule has 6 heteroatoms. The molecule has 0 aliphatic rings. The molecule has 2 aromatic rings. The highest BCUT2D eigenvalue weighted by Gasteiger charge is 2.18. The largest absolute Gasteiger partial charge is 0.489 e. The summed E-state index contributed by atoms with van der Waals surface area (Å²) in [4.78, 5) is 0.891. The van der Waals surface area contributed by atoms with E-state index in [0.29, 0.717) is 5.46 Å². The van der Waals surface area contributed by atoms with Crippen LogP contribution < -0.4 is 5.46 Å². The SMILES string of the molecule is OB(O)c1csc2cc(S)cc(I)c12. The van der Waals surface area contributed by atoms with Gasteiger partial charge in [-0.05, 0) is 40.1 Å². The van der Waals surface area contributed by atoms with Crippen molar-refractivity contribution >= 4 is 69.2 Å². The predicted octanol–water partition coefficient (Wildman–Crippen LogP) is 1.47. The molecule has 0 fully saturated rings. The van der Waals surface area contributed by atoms with Crippen LogP contribution in [0, 0.1) is 3.57 Å². The molecule has 1 heterocycles. The number of hydrogen-bond acceptors (Lipinski definition) is 4. The molecule has 0 aliphatic carbocycles. The smallest absolute Gasteiger partial charge is 0.423 e. The second kappa shape index (κ2) is 4.01. The average molecular weight is 336 g/mol. The van der Waals surface area contributed by atoms with E-state index in [1.54, 1.807) is 5.38 Å². The number of rotatable bonds is 1. The van der Waals surface area contributed by atoms with Crippen LogP contribution in [0.4, 0.5) is 0 Å². The van der Waals surface area contributed by atoms with E-state index in [0.717, 1.165) is 18.6 Å². The summed E-state index contributed by atoms with van der Waals surface area (Å²) in [7, 11) is -1.40. The molecular formula is C8H6BIO2S2. The van der Waals surface area contributed by atoms with Crippen molar-refractivity contribution in [1.29, 1.82) is 0 Å². The fraction of sp³-hybridized carbons (Fsp3) is 0. The summed E-state index contributed by atoms with van der Waals surface area (Å²) in [5.41, 5.74) is 0.572. The third-order valence-electron chi connectivity index (χ3n) is 1.92. The van der Waals surface area contributed by atoms with Gasteiger partial charge in [0.05, 0.1) is 0 Å². The van der Waals surface area contributed by atoms with Gasteiger partial charge in [0.2, 0.25) is 0 Å². The van der Waals surface area contributed by atoms with Crippen molar-refractivity contribution in [2.75, 3.05) is 0 Å². The molecule has 1 aromatic carbocycles. The second-order valence-corrected chi connectivity index (χ2v) is 5.46. The van der Waals surface area contributed by atoms with E-state index in [2.05, 4.69) is 35.2 Å². The molecule has 72 valence electrons. The molecule has 0 atom stereocenters. The quantitative estimate of drug-likeness (QED) is 0.419. The van der Waals surface area contributed by atoms with Crippen LogP contribution in [0.5, 0.6) is 0 Å². The van der Waals surface area contributed by atoms with Gasteiger partial charge in [-0.2, -0.15) is 0 Å². The molecule has 1 aromatic heterocycles. The Hall–Kier alpha value is 0.245. The molecule has 0 aliphatic heterocycles. The van der Waals surface area contributed by atoms with Crippen molar-refractivity contribution in [3.05, 3.63) is 21.1 Å². The lowest BCUT2D eigenvalue weighted by atomic mass is 9.80. The zero-order valence-corrected chi connectivity index (χ0v) is 10.8. The van der Waals surface area contributed by atoms with Crippen LogP contribution in [0.3, 0.4) is 0 Å². The van der Waals surface area contributed by atoms with Gasteiger partial charge in [-0.15, -0.1) is 24.0 Å². The summed E-state index contributed by atoms with van der Waals surface area (Å²) in [5, 5.41) is 21.0. The summed E-state index contributed by atoms with van der Waals surface area (Å²) in [6.45, 7) is 0. The Kier molecular flexibility index (Phi) is 3.08. The van der Waals surface area contributed by atoms with Crippen LogP contribution >= 0.6 is 46.6 Å². The fourth-order valence-electron chi connectivity index (χ4n) is 1.32. The Morgan fingerprint density at radius 1 is 1.36 bits per heavy atom. The van der Waals surface area contributed by atoms with Crippen molar-refractivity contribution in [2.24, 2.45) is 0 Å². The minimum Gasteiger partial charge on any atom is -0.423 e. The van der Waals surface area contributed by atoms with E-state index in [-0.39, 0.29) is 0 Å². The molecule has 2 N–H and O–H groups in total. The Morgan fingerprint density at radius 3 is 2.71 bits per heavy atom. The molecule has 0 amide bonds. The first kappa shape index (κ1) is 10.8. The van der Waals surface area contributed by atoms with E-state index in [1.807, 2.05) is 12.1 Å². The minimum absolute atomic E-state index is 0.572. The lowest BCUT2D eigenvalue weighted by molar-refractivity contribution is 0.426. The van der Waals surface area contributed by atoms with Gasteiger partial charge in [0, 0.05) is 24.0 Å². The molecule has 14 heavy (non-hydrogen) atoms. The highest BCUT2D eigenvalue weighted by Crippen LogP contribution is 2.27. The van der Waals surface area contributed by atoms with Crippen molar-refractivity contribution in [3.8, 4) is 0 Å². The highest BCUT2D eigenvalue weighted by atomic mass is 127. The van der Waals surface area contributed by atoms with Gasteiger partial charge in [-0.1, -0.05) is 0 Å². The molecule has 2 rings (SSSR count). The molecular weight excluding hydrogens is 330 g/mol. The van der Waals surface area contributed by atoms with E-state index in [4.69, 9.17) is 10.0 Å². The molecule has 2 nitrogen and oxygen atoms in total. The van der Waals surface area contributed by atoms with Crippen LogP contribution in [-0.4, -0.2) is 17.2 Å². The topological polar surface area (TPSA) is 40.5 Å². The summed E-state index contributed by atoms with van der Waals surface area (Å²) in [6, 6.07) is 3.84. The molecule has 0 unspecified atom stereocenters. The van der Waals surface area contributed by atoms with E-state index >= 15 is 0 Å². The normalized spacial score (nSPS) is 10.9. The Balaban J connectivity index is 2.79. The lowest BCUT2D eigenvalue weighted by Gasteiger charge is -2.00.